The van der Waals surface area contributed by atoms with E-state index in [1.165, 1.54) is 12.8 Å². The Hall–Kier alpha value is -3.61. The van der Waals surface area contributed by atoms with E-state index in [1.807, 2.05) is 37.8 Å². The van der Waals surface area contributed by atoms with Crippen LogP contribution in [-0.4, -0.2) is 103 Å². The zero-order chi connectivity index (χ0) is 32.2. The van der Waals surface area contributed by atoms with Crippen LogP contribution < -0.4 is 5.32 Å². The van der Waals surface area contributed by atoms with Gasteiger partial charge >= 0.3 is 0 Å². The second-order valence-corrected chi connectivity index (χ2v) is 14.4. The van der Waals surface area contributed by atoms with Crippen LogP contribution in [0, 0.1) is 0 Å². The van der Waals surface area contributed by atoms with E-state index in [2.05, 4.69) is 24.8 Å². The van der Waals surface area contributed by atoms with Crippen molar-refractivity contribution in [3.8, 4) is 0 Å². The highest BCUT2D eigenvalue weighted by molar-refractivity contribution is 5.98. The molecule has 12 nitrogen and oxygen atoms in total. The first-order valence-corrected chi connectivity index (χ1v) is 16.8. The molecule has 2 bridgehead atoms. The lowest BCUT2D eigenvalue weighted by Gasteiger charge is -2.40. The van der Waals surface area contributed by atoms with Crippen molar-refractivity contribution in [2.75, 3.05) is 32.5 Å². The molecule has 3 aromatic heterocycles. The molecule has 4 atom stereocenters. The lowest BCUT2D eigenvalue weighted by atomic mass is 10.1. The quantitative estimate of drug-likeness (QED) is 0.285. The van der Waals surface area contributed by atoms with Gasteiger partial charge < -0.3 is 29.2 Å². The molecule has 2 amide bonds. The van der Waals surface area contributed by atoms with Gasteiger partial charge in [0.1, 0.15) is 17.2 Å². The number of nitrogens with one attached hydrogen (secondary N) is 1. The Bertz CT molecular complexity index is 1580. The van der Waals surface area contributed by atoms with E-state index in [9.17, 15) is 9.59 Å². The van der Waals surface area contributed by atoms with Crippen LogP contribution in [-0.2, 0) is 9.47 Å². The van der Waals surface area contributed by atoms with Crippen molar-refractivity contribution in [2.24, 2.45) is 0 Å². The van der Waals surface area contributed by atoms with Crippen molar-refractivity contribution < 1.29 is 19.1 Å². The first-order chi connectivity index (χ1) is 22.1. The van der Waals surface area contributed by atoms with Gasteiger partial charge in [-0.1, -0.05) is 25.7 Å². The molecule has 1 aliphatic carbocycles. The average Bonchev–Trinajstić information content (AvgIpc) is 3.67. The van der Waals surface area contributed by atoms with Crippen LogP contribution in [0.2, 0.25) is 0 Å². The van der Waals surface area contributed by atoms with Crippen molar-refractivity contribution in [3.05, 3.63) is 41.9 Å². The molecular formula is C34H46N8O4. The molecule has 4 aliphatic rings. The van der Waals surface area contributed by atoms with Crippen molar-refractivity contribution >= 4 is 34.6 Å². The first kappa shape index (κ1) is 31.0. The lowest BCUT2D eigenvalue weighted by molar-refractivity contribution is -0.0586. The van der Waals surface area contributed by atoms with E-state index in [0.29, 0.717) is 36.1 Å². The maximum Gasteiger partial charge on any atom is 0.270 e. The number of nitrogens with zero attached hydrogens (tertiary/aromatic N) is 7. The van der Waals surface area contributed by atoms with Crippen LogP contribution >= 0.6 is 0 Å². The summed E-state index contributed by atoms with van der Waals surface area (Å²) in [4.78, 5) is 46.7. The number of rotatable bonds is 7. The molecule has 1 saturated carbocycles. The molecule has 4 unspecified atom stereocenters. The Balaban J connectivity index is 1.04. The Labute approximate surface area is 270 Å². The van der Waals surface area contributed by atoms with E-state index in [1.54, 1.807) is 37.5 Å². The number of ether oxygens (including phenoxy) is 2. The highest BCUT2D eigenvalue weighted by Crippen LogP contribution is 2.41. The molecule has 246 valence electrons. The van der Waals surface area contributed by atoms with Gasteiger partial charge in [-0.3, -0.25) is 14.5 Å². The maximum absolute atomic E-state index is 13.5. The topological polar surface area (TPSA) is 121 Å². The van der Waals surface area contributed by atoms with Crippen LogP contribution in [0.1, 0.15) is 99.0 Å². The summed E-state index contributed by atoms with van der Waals surface area (Å²) in [6, 6.07) is 6.28. The number of carbonyl (C=O) groups is 2. The van der Waals surface area contributed by atoms with Crippen LogP contribution in [0.25, 0.3) is 11.0 Å². The number of carbonyl (C=O) groups excluding carboxylic acids is 2. The summed E-state index contributed by atoms with van der Waals surface area (Å²) in [5, 5.41) is 4.06. The van der Waals surface area contributed by atoms with E-state index in [-0.39, 0.29) is 48.1 Å². The number of pyridine rings is 1. The summed E-state index contributed by atoms with van der Waals surface area (Å²) in [5.41, 5.74) is 1.71. The van der Waals surface area contributed by atoms with Crippen molar-refractivity contribution in [1.82, 2.24) is 34.2 Å². The number of piperazine rings is 1. The van der Waals surface area contributed by atoms with Crippen LogP contribution in [0.3, 0.4) is 0 Å². The van der Waals surface area contributed by atoms with Crippen molar-refractivity contribution in [3.63, 3.8) is 0 Å². The van der Waals surface area contributed by atoms with Gasteiger partial charge in [-0.25, -0.2) is 9.97 Å². The third kappa shape index (κ3) is 6.22. The highest BCUT2D eigenvalue weighted by Gasteiger charge is 2.55. The van der Waals surface area contributed by atoms with Crippen LogP contribution in [0.15, 0.2) is 30.6 Å². The molecule has 12 heteroatoms. The number of aromatic nitrogens is 4. The molecule has 3 saturated heterocycles. The zero-order valence-electron chi connectivity index (χ0n) is 27.6. The zero-order valence-corrected chi connectivity index (χ0v) is 27.6. The van der Waals surface area contributed by atoms with Gasteiger partial charge in [-0.2, -0.15) is 4.98 Å². The Morgan fingerprint density at radius 2 is 1.67 bits per heavy atom. The fourth-order valence-corrected chi connectivity index (χ4v) is 7.49. The molecule has 3 aromatic rings. The van der Waals surface area contributed by atoms with Gasteiger partial charge in [0.2, 0.25) is 5.95 Å². The predicted molar refractivity (Wildman–Crippen MR) is 174 cm³/mol. The lowest BCUT2D eigenvalue weighted by Crippen LogP contribution is -2.56. The Morgan fingerprint density at radius 3 is 2.30 bits per heavy atom. The number of epoxide rings is 1. The summed E-state index contributed by atoms with van der Waals surface area (Å²) in [5.74, 6) is 0.910. The third-order valence-electron chi connectivity index (χ3n) is 9.66. The standard InChI is InChI=1S/C34H46N8O4/c1-34(2,3)46-32-31(45-32)41-24-13-14-25(41)20-40(19-24)29(43)21-12-15-27(35-17-21)37-33-36-18-22-16-26(30(44)39(4)5)42(28(22)38-33)23-10-8-6-7-9-11-23/h12,15-18,23-25,31-32H,6-11,13-14,19-20H2,1-5H3,(H,35,36,37,38). The second kappa shape index (κ2) is 12.2. The minimum atomic E-state index is -0.251. The fourth-order valence-electron chi connectivity index (χ4n) is 7.49. The first-order valence-electron chi connectivity index (χ1n) is 16.8. The smallest absolute Gasteiger partial charge is 0.270 e. The molecule has 3 aliphatic heterocycles. The number of hydrogen-bond acceptors (Lipinski definition) is 9. The highest BCUT2D eigenvalue weighted by atomic mass is 16.8. The van der Waals surface area contributed by atoms with Gasteiger partial charge in [0.05, 0.1) is 11.2 Å². The van der Waals surface area contributed by atoms with Gasteiger partial charge in [0, 0.05) is 63.1 Å². The van der Waals surface area contributed by atoms with Gasteiger partial charge in [0.25, 0.3) is 11.8 Å². The van der Waals surface area contributed by atoms with Gasteiger partial charge in [-0.15, -0.1) is 0 Å². The number of amides is 2. The summed E-state index contributed by atoms with van der Waals surface area (Å²) in [6.45, 7) is 7.47. The maximum atomic E-state index is 13.5. The number of anilines is 2. The summed E-state index contributed by atoms with van der Waals surface area (Å²) in [6.07, 6.45) is 12.1. The fraction of sp³-hybridized carbons (Fsp3) is 0.618. The summed E-state index contributed by atoms with van der Waals surface area (Å²) in [7, 11) is 3.56. The van der Waals surface area contributed by atoms with Crippen LogP contribution in [0.5, 0.6) is 0 Å². The van der Waals surface area contributed by atoms with Gasteiger partial charge in [0.15, 0.2) is 12.5 Å². The molecule has 1 N–H and O–H groups in total. The third-order valence-corrected chi connectivity index (χ3v) is 9.66. The van der Waals surface area contributed by atoms with Crippen LogP contribution in [0.4, 0.5) is 11.8 Å². The largest absolute Gasteiger partial charge is 0.343 e. The minimum Gasteiger partial charge on any atom is -0.343 e. The SMILES string of the molecule is CN(C)C(=O)c1cc2cnc(Nc3ccc(C(=O)N4CC5CCC(C4)N5C4OC4OC(C)(C)C)cn3)nc2n1C1CCCCCC1. The minimum absolute atomic E-state index is 0.00760. The van der Waals surface area contributed by atoms with E-state index in [4.69, 9.17) is 14.5 Å². The number of fused-ring (bicyclic) bond motifs is 3. The van der Waals surface area contributed by atoms with Gasteiger partial charge in [-0.05, 0) is 64.7 Å². The molecule has 0 spiro atoms. The molecule has 6 heterocycles. The molecule has 46 heavy (non-hydrogen) atoms. The number of hydrogen-bond donors (Lipinski definition) is 1. The van der Waals surface area contributed by atoms with E-state index >= 15 is 0 Å². The normalized spacial score (nSPS) is 25.5. The summed E-state index contributed by atoms with van der Waals surface area (Å²) >= 11 is 0. The molecule has 0 radical (unpaired) electrons. The van der Waals surface area contributed by atoms with E-state index in [0.717, 1.165) is 49.6 Å². The van der Waals surface area contributed by atoms with Crippen molar-refractivity contribution in [2.45, 2.75) is 108 Å². The molecule has 4 fully saturated rings. The monoisotopic (exact) mass is 630 g/mol. The average molecular weight is 631 g/mol. The summed E-state index contributed by atoms with van der Waals surface area (Å²) < 4.78 is 14.1. The molecule has 0 aromatic carbocycles. The molecule has 7 rings (SSSR count). The Morgan fingerprint density at radius 1 is 0.957 bits per heavy atom. The van der Waals surface area contributed by atoms with E-state index < -0.39 is 0 Å². The number of likely N-dealkylation sites (tertiary alicyclic amines) is 1. The predicted octanol–water partition coefficient (Wildman–Crippen LogP) is 4.95. The second-order valence-electron chi connectivity index (χ2n) is 14.4. The van der Waals surface area contributed by atoms with Crippen molar-refractivity contribution in [1.29, 1.82) is 0 Å². The Kier molecular flexibility index (Phi) is 8.23. The molecular weight excluding hydrogens is 584 g/mol.